The molecule has 3 aromatic carbocycles. The number of hydrogen-bond donors (Lipinski definition) is 2. The van der Waals surface area contributed by atoms with Crippen molar-refractivity contribution in [3.8, 4) is 11.1 Å². The van der Waals surface area contributed by atoms with Crippen molar-refractivity contribution in [2.45, 2.75) is 46.1 Å². The first kappa shape index (κ1) is 36.8. The number of amides is 1. The van der Waals surface area contributed by atoms with E-state index in [1.165, 1.54) is 17.4 Å². The molecule has 3 atom stereocenters. The number of carboxylic acid groups (broad SMARTS) is 1. The molecule has 0 spiro atoms. The van der Waals surface area contributed by atoms with E-state index in [4.69, 9.17) is 0 Å². The maximum atomic E-state index is 13.8. The zero-order chi connectivity index (χ0) is 27.7. The molecule has 0 fully saturated rings. The second kappa shape index (κ2) is 17.7. The number of rotatable bonds is 13. The number of aryl methyl sites for hydroxylation is 1. The van der Waals surface area contributed by atoms with E-state index in [0.29, 0.717) is 12.1 Å². The van der Waals surface area contributed by atoms with E-state index in [1.54, 1.807) is 12.1 Å². The Morgan fingerprint density at radius 1 is 0.800 bits per heavy atom. The number of unbranched alkanes of at least 4 members (excludes halogenated alkanes) is 1. The van der Waals surface area contributed by atoms with E-state index >= 15 is 0 Å². The molecule has 1 amide bonds. The first-order valence-electron chi connectivity index (χ1n) is 13.1. The average molecular weight is 584 g/mol. The monoisotopic (exact) mass is 583 g/mol. The van der Waals surface area contributed by atoms with Gasteiger partial charge in [-0.1, -0.05) is 86.6 Å². The second-order valence-corrected chi connectivity index (χ2v) is 12.7. The van der Waals surface area contributed by atoms with Crippen molar-refractivity contribution in [1.82, 2.24) is 0 Å². The minimum absolute atomic E-state index is 0. The molecule has 0 saturated carbocycles. The van der Waals surface area contributed by atoms with Gasteiger partial charge in [0.25, 0.3) is 0 Å². The Balaban J connectivity index is 0.00000400. The Kier molecular flexibility index (Phi) is 16.3. The Morgan fingerprint density at radius 3 is 1.85 bits per heavy atom. The number of benzene rings is 3. The van der Waals surface area contributed by atoms with Gasteiger partial charge in [0.15, 0.2) is 0 Å². The van der Waals surface area contributed by atoms with Gasteiger partial charge >= 0.3 is 65.1 Å². The van der Waals surface area contributed by atoms with Gasteiger partial charge in [-0.05, 0) is 60.9 Å². The van der Waals surface area contributed by atoms with Crippen LogP contribution >= 0.6 is 7.37 Å². The number of carbonyl (C=O) groups excluding carboxylic acids is 1. The molecular weight excluding hydrogens is 543 g/mol. The third-order valence-corrected chi connectivity index (χ3v) is 8.88. The molecule has 206 valence electrons. The molecule has 0 aliphatic carbocycles. The topological polar surface area (TPSA) is 94.9 Å². The van der Waals surface area contributed by atoms with E-state index in [-0.39, 0.29) is 77.4 Å². The van der Waals surface area contributed by atoms with Gasteiger partial charge in [-0.25, -0.2) is 4.79 Å². The van der Waals surface area contributed by atoms with E-state index in [2.05, 4.69) is 0 Å². The van der Waals surface area contributed by atoms with E-state index in [1.807, 2.05) is 86.6 Å². The molecule has 2 unspecified atom stereocenters. The van der Waals surface area contributed by atoms with Crippen LogP contribution in [0.3, 0.4) is 0 Å². The van der Waals surface area contributed by atoms with Gasteiger partial charge in [-0.15, -0.1) is 0 Å². The summed E-state index contributed by atoms with van der Waals surface area (Å²) in [4.78, 5) is 37.9. The molecule has 2 N–H and O–H groups in total. The molecule has 9 heteroatoms. The summed E-state index contributed by atoms with van der Waals surface area (Å²) in [5.41, 5.74) is 3.59. The van der Waals surface area contributed by atoms with Crippen molar-refractivity contribution in [2.24, 2.45) is 11.8 Å². The number of nitrogens with zero attached hydrogens (tertiary/aromatic N) is 1. The van der Waals surface area contributed by atoms with Crippen molar-refractivity contribution >= 4 is 84.0 Å². The molecule has 3 rings (SSSR count). The predicted molar refractivity (Wildman–Crippen MR) is 168 cm³/mol. The molecule has 40 heavy (non-hydrogen) atoms. The van der Waals surface area contributed by atoms with Gasteiger partial charge in [-0.2, -0.15) is 0 Å². The average Bonchev–Trinajstić information content (AvgIpc) is 2.91. The Labute approximate surface area is 282 Å². The third-order valence-electron chi connectivity index (χ3n) is 6.90. The quantitative estimate of drug-likeness (QED) is 0.159. The van der Waals surface area contributed by atoms with E-state index in [0.717, 1.165) is 24.0 Å². The standard InChI is InChI=1S/C31H38NO5P.2Na.2H/c1-23(2)29(22-38(36,37)21-11-10-14-25-12-6-4-7-13-25)30(33)32(24(3)31(34)35)28-19-17-27(18-20-28)26-15-8-5-9-16-26;;;;/h4-9,12-13,15-20,23-24,29H,10-11,14,21-22H2,1-3H3,(H,34,35)(H,36,37);;;;/t24-,29?;;;;/m0..../s1. The fraction of sp³-hybridized carbons (Fsp3) is 0.355. The molecule has 3 aromatic rings. The van der Waals surface area contributed by atoms with Crippen molar-refractivity contribution in [1.29, 1.82) is 0 Å². The van der Waals surface area contributed by atoms with Crippen LogP contribution in [0.1, 0.15) is 39.2 Å². The number of hydrogen-bond acceptors (Lipinski definition) is 3. The van der Waals surface area contributed by atoms with Crippen LogP contribution in [-0.4, -0.2) is 99.4 Å². The number of anilines is 1. The minimum atomic E-state index is -3.61. The van der Waals surface area contributed by atoms with Gasteiger partial charge in [0.2, 0.25) is 13.3 Å². The molecule has 0 bridgehead atoms. The summed E-state index contributed by atoms with van der Waals surface area (Å²) in [6.07, 6.45) is 2.16. The van der Waals surface area contributed by atoms with Gasteiger partial charge in [0, 0.05) is 23.9 Å². The molecule has 0 heterocycles. The van der Waals surface area contributed by atoms with Crippen molar-refractivity contribution in [2.75, 3.05) is 17.2 Å². The van der Waals surface area contributed by atoms with Crippen LogP contribution in [-0.2, 0) is 20.6 Å². The van der Waals surface area contributed by atoms with Gasteiger partial charge in [-0.3, -0.25) is 14.3 Å². The molecule has 0 aromatic heterocycles. The molecule has 6 nitrogen and oxygen atoms in total. The third kappa shape index (κ3) is 10.9. The van der Waals surface area contributed by atoms with E-state index < -0.39 is 31.2 Å². The summed E-state index contributed by atoms with van der Waals surface area (Å²) in [6, 6.07) is 25.8. The normalized spacial score (nSPS) is 13.7. The fourth-order valence-corrected chi connectivity index (χ4v) is 6.67. The van der Waals surface area contributed by atoms with Crippen molar-refractivity contribution in [3.63, 3.8) is 0 Å². The fourth-order valence-electron chi connectivity index (χ4n) is 4.58. The summed E-state index contributed by atoms with van der Waals surface area (Å²) in [6.45, 7) is 5.13. The first-order chi connectivity index (χ1) is 18.1. The van der Waals surface area contributed by atoms with Gasteiger partial charge in [0.1, 0.15) is 6.04 Å². The summed E-state index contributed by atoms with van der Waals surface area (Å²) >= 11 is 0. The Hall–Kier alpha value is -1.21. The SMILES string of the molecule is CC(C)C(CP(=O)(O)CCCCc1ccccc1)C(=O)N(c1ccc(-c2ccccc2)cc1)[C@@H](C)C(=O)O.[NaH].[NaH]. The zero-order valence-corrected chi connectivity index (χ0v) is 23.3. The number of carbonyl (C=O) groups is 2. The van der Waals surface area contributed by atoms with Crippen LogP contribution in [0, 0.1) is 11.8 Å². The van der Waals surface area contributed by atoms with Crippen molar-refractivity contribution in [3.05, 3.63) is 90.5 Å². The summed E-state index contributed by atoms with van der Waals surface area (Å²) in [7, 11) is -3.61. The van der Waals surface area contributed by atoms with Crippen LogP contribution in [0.5, 0.6) is 0 Å². The van der Waals surface area contributed by atoms with Crippen LogP contribution in [0.2, 0.25) is 0 Å². The second-order valence-electron chi connectivity index (χ2n) is 10.2. The molecule has 0 radical (unpaired) electrons. The van der Waals surface area contributed by atoms with Gasteiger partial charge < -0.3 is 10.00 Å². The molecule has 0 saturated heterocycles. The van der Waals surface area contributed by atoms with Crippen LogP contribution in [0.25, 0.3) is 11.1 Å². The summed E-state index contributed by atoms with van der Waals surface area (Å²) < 4.78 is 13.2. The van der Waals surface area contributed by atoms with Gasteiger partial charge in [0.05, 0.1) is 0 Å². The van der Waals surface area contributed by atoms with Crippen LogP contribution in [0.15, 0.2) is 84.9 Å². The maximum absolute atomic E-state index is 13.8. The Morgan fingerprint density at radius 2 is 1.32 bits per heavy atom. The van der Waals surface area contributed by atoms with E-state index in [9.17, 15) is 24.2 Å². The van der Waals surface area contributed by atoms with Crippen LogP contribution in [0.4, 0.5) is 5.69 Å². The molecule has 0 aliphatic rings. The Bertz CT molecular complexity index is 1240. The predicted octanol–water partition coefficient (Wildman–Crippen LogP) is 5.43. The molecule has 0 aliphatic heterocycles. The molecular formula is C31H40NNa2O5P. The van der Waals surface area contributed by atoms with Crippen LogP contribution < -0.4 is 4.90 Å². The zero-order valence-electron chi connectivity index (χ0n) is 22.4. The number of aliphatic carboxylic acids is 1. The first-order valence-corrected chi connectivity index (χ1v) is 15.2. The number of carboxylic acids is 1. The summed E-state index contributed by atoms with van der Waals surface area (Å²) in [5, 5.41) is 9.79. The van der Waals surface area contributed by atoms with Crippen molar-refractivity contribution < 1.29 is 24.2 Å². The summed E-state index contributed by atoms with van der Waals surface area (Å²) in [5.74, 6) is -2.60.